The molecule has 3 N–H and O–H groups in total. The molecule has 0 radical (unpaired) electrons. The number of hydrogen-bond acceptors (Lipinski definition) is 3. The molecular weight excluding hydrogens is 206 g/mol. The number of nitrogens with zero attached hydrogens (tertiary/aromatic N) is 1. The molecule has 1 atom stereocenters. The van der Waals surface area contributed by atoms with Crippen molar-refractivity contribution < 1.29 is 9.59 Å². The second-order valence-corrected chi connectivity index (χ2v) is 5.01. The molecule has 0 saturated heterocycles. The van der Waals surface area contributed by atoms with Crippen LogP contribution in [0.4, 0.5) is 0 Å². The summed E-state index contributed by atoms with van der Waals surface area (Å²) >= 11 is 0. The van der Waals surface area contributed by atoms with Crippen molar-refractivity contribution in [2.45, 2.75) is 45.2 Å². The number of hydrogen-bond donors (Lipinski definition) is 2. The Kier molecular flexibility index (Phi) is 5.44. The molecule has 0 fully saturated rings. The lowest BCUT2D eigenvalue weighted by atomic mass is 10.00. The van der Waals surface area contributed by atoms with Gasteiger partial charge in [0.1, 0.15) is 6.04 Å². The Morgan fingerprint density at radius 3 is 2.25 bits per heavy atom. The van der Waals surface area contributed by atoms with E-state index >= 15 is 0 Å². The molecule has 0 bridgehead atoms. The van der Waals surface area contributed by atoms with Crippen LogP contribution in [0, 0.1) is 0 Å². The van der Waals surface area contributed by atoms with Crippen LogP contribution in [0.5, 0.6) is 0 Å². The van der Waals surface area contributed by atoms with Crippen LogP contribution in [0.25, 0.3) is 0 Å². The van der Waals surface area contributed by atoms with Crippen molar-refractivity contribution in [2.75, 3.05) is 14.1 Å². The molecule has 2 amide bonds. The summed E-state index contributed by atoms with van der Waals surface area (Å²) in [6.07, 6.45) is 0.941. The Morgan fingerprint density at radius 1 is 1.38 bits per heavy atom. The van der Waals surface area contributed by atoms with E-state index in [2.05, 4.69) is 5.32 Å². The van der Waals surface area contributed by atoms with E-state index in [9.17, 15) is 9.59 Å². The lowest BCUT2D eigenvalue weighted by molar-refractivity contribution is -0.134. The zero-order chi connectivity index (χ0) is 12.9. The minimum Gasteiger partial charge on any atom is -0.347 e. The third kappa shape index (κ3) is 6.40. The molecule has 5 nitrogen and oxygen atoms in total. The Labute approximate surface area is 97.4 Å². The Hall–Kier alpha value is -1.10. The van der Waals surface area contributed by atoms with Gasteiger partial charge in [-0.05, 0) is 27.2 Å². The average molecular weight is 229 g/mol. The molecule has 0 aromatic heterocycles. The van der Waals surface area contributed by atoms with Gasteiger partial charge in [-0.3, -0.25) is 9.59 Å². The van der Waals surface area contributed by atoms with Gasteiger partial charge in [-0.25, -0.2) is 0 Å². The molecule has 0 aliphatic carbocycles. The minimum atomic E-state index is -0.483. The molecule has 0 heterocycles. The van der Waals surface area contributed by atoms with E-state index in [0.717, 1.165) is 0 Å². The Bertz CT molecular complexity index is 256. The summed E-state index contributed by atoms with van der Waals surface area (Å²) in [7, 11) is 3.32. The summed E-state index contributed by atoms with van der Waals surface area (Å²) in [5.41, 5.74) is 5.41. The number of nitrogens with one attached hydrogen (secondary N) is 1. The van der Waals surface area contributed by atoms with Crippen molar-refractivity contribution in [3.63, 3.8) is 0 Å². The summed E-state index contributed by atoms with van der Waals surface area (Å²) in [5, 5.41) is 2.65. The highest BCUT2D eigenvalue weighted by atomic mass is 16.2. The van der Waals surface area contributed by atoms with E-state index in [0.29, 0.717) is 12.8 Å². The van der Waals surface area contributed by atoms with Crippen LogP contribution in [0.2, 0.25) is 0 Å². The van der Waals surface area contributed by atoms with Crippen molar-refractivity contribution in [3.05, 3.63) is 0 Å². The number of carbonyl (C=O) groups is 2. The smallest absolute Gasteiger partial charge is 0.244 e. The highest BCUT2D eigenvalue weighted by Gasteiger charge is 2.18. The molecule has 0 saturated carbocycles. The molecule has 0 aliphatic heterocycles. The number of likely N-dealkylation sites (N-methyl/N-ethyl adjacent to an activating group) is 1. The van der Waals surface area contributed by atoms with Gasteiger partial charge in [0.25, 0.3) is 0 Å². The van der Waals surface area contributed by atoms with Crippen LogP contribution >= 0.6 is 0 Å². The maximum Gasteiger partial charge on any atom is 0.244 e. The van der Waals surface area contributed by atoms with Gasteiger partial charge in [-0.1, -0.05) is 0 Å². The fraction of sp³-hybridized carbons (Fsp3) is 0.818. The molecular formula is C11H23N3O2. The lowest BCUT2D eigenvalue weighted by Crippen LogP contribution is -2.45. The van der Waals surface area contributed by atoms with Gasteiger partial charge in [0.2, 0.25) is 11.8 Å². The summed E-state index contributed by atoms with van der Waals surface area (Å²) in [6.45, 7) is 5.41. The van der Waals surface area contributed by atoms with E-state index in [1.165, 1.54) is 4.90 Å². The quantitative estimate of drug-likeness (QED) is 0.702. The summed E-state index contributed by atoms with van der Waals surface area (Å²) in [6, 6.07) is -0.483. The lowest BCUT2D eigenvalue weighted by Gasteiger charge is -2.20. The van der Waals surface area contributed by atoms with E-state index in [-0.39, 0.29) is 17.4 Å². The van der Waals surface area contributed by atoms with Gasteiger partial charge in [0.05, 0.1) is 0 Å². The number of rotatable bonds is 5. The van der Waals surface area contributed by atoms with E-state index in [1.54, 1.807) is 21.0 Å². The molecule has 94 valence electrons. The maximum absolute atomic E-state index is 11.5. The number of carbonyl (C=O) groups excluding carboxylic acids is 2. The number of nitrogens with two attached hydrogens (primary N) is 1. The fourth-order valence-corrected chi connectivity index (χ4v) is 1.20. The largest absolute Gasteiger partial charge is 0.347 e. The number of amides is 2. The van der Waals surface area contributed by atoms with Gasteiger partial charge in [-0.2, -0.15) is 0 Å². The predicted octanol–water partition coefficient (Wildman–Crippen LogP) is 0.0968. The third-order valence-corrected chi connectivity index (χ3v) is 2.19. The first-order valence-corrected chi connectivity index (χ1v) is 5.43. The van der Waals surface area contributed by atoms with E-state index in [1.807, 2.05) is 13.8 Å². The average Bonchev–Trinajstić information content (AvgIpc) is 2.12. The van der Waals surface area contributed by atoms with Gasteiger partial charge in [-0.15, -0.1) is 0 Å². The van der Waals surface area contributed by atoms with Gasteiger partial charge < -0.3 is 16.0 Å². The van der Waals surface area contributed by atoms with Crippen LogP contribution in [0.1, 0.15) is 33.6 Å². The first-order chi connectivity index (χ1) is 7.13. The van der Waals surface area contributed by atoms with E-state index in [4.69, 9.17) is 5.73 Å². The van der Waals surface area contributed by atoms with Crippen molar-refractivity contribution in [3.8, 4) is 0 Å². The van der Waals surface area contributed by atoms with Crippen LogP contribution in [-0.2, 0) is 9.59 Å². The highest BCUT2D eigenvalue weighted by Crippen LogP contribution is 2.06. The second-order valence-electron chi connectivity index (χ2n) is 5.01. The topological polar surface area (TPSA) is 75.4 Å². The molecule has 0 aliphatic rings. The monoisotopic (exact) mass is 229 g/mol. The molecule has 0 aromatic carbocycles. The molecule has 0 aromatic rings. The normalized spacial score (nSPS) is 13.1. The summed E-state index contributed by atoms with van der Waals surface area (Å²) in [4.78, 5) is 24.4. The SMILES string of the molecule is CC(NC(=O)CCC(C)(C)N)C(=O)N(C)C. The van der Waals surface area contributed by atoms with Crippen LogP contribution in [0.15, 0.2) is 0 Å². The molecule has 1 unspecified atom stereocenters. The van der Waals surface area contributed by atoms with Crippen molar-refractivity contribution >= 4 is 11.8 Å². The fourth-order valence-electron chi connectivity index (χ4n) is 1.20. The second kappa shape index (κ2) is 5.84. The zero-order valence-electron chi connectivity index (χ0n) is 10.8. The molecule has 16 heavy (non-hydrogen) atoms. The zero-order valence-corrected chi connectivity index (χ0v) is 10.8. The van der Waals surface area contributed by atoms with Crippen LogP contribution in [0.3, 0.4) is 0 Å². The predicted molar refractivity (Wildman–Crippen MR) is 63.8 cm³/mol. The Morgan fingerprint density at radius 2 is 1.88 bits per heavy atom. The summed E-state index contributed by atoms with van der Waals surface area (Å²) in [5.74, 6) is -0.249. The van der Waals surface area contributed by atoms with Gasteiger partial charge in [0, 0.05) is 26.1 Å². The highest BCUT2D eigenvalue weighted by molar-refractivity contribution is 5.87. The molecule has 0 rings (SSSR count). The van der Waals surface area contributed by atoms with Crippen molar-refractivity contribution in [1.29, 1.82) is 0 Å². The minimum absolute atomic E-state index is 0.111. The first kappa shape index (κ1) is 14.9. The third-order valence-electron chi connectivity index (χ3n) is 2.19. The standard InChI is InChI=1S/C11H23N3O2/c1-8(10(16)14(4)5)13-9(15)6-7-11(2,3)12/h8H,6-7,12H2,1-5H3,(H,13,15). The van der Waals surface area contributed by atoms with Crippen molar-refractivity contribution in [2.24, 2.45) is 5.73 Å². The van der Waals surface area contributed by atoms with Gasteiger partial charge >= 0.3 is 0 Å². The maximum atomic E-state index is 11.5. The van der Waals surface area contributed by atoms with Crippen molar-refractivity contribution in [1.82, 2.24) is 10.2 Å². The first-order valence-electron chi connectivity index (χ1n) is 5.43. The van der Waals surface area contributed by atoms with Crippen LogP contribution in [-0.4, -0.2) is 42.4 Å². The van der Waals surface area contributed by atoms with Gasteiger partial charge in [0.15, 0.2) is 0 Å². The van der Waals surface area contributed by atoms with Crippen LogP contribution < -0.4 is 11.1 Å². The molecule has 0 spiro atoms. The summed E-state index contributed by atoms with van der Waals surface area (Å²) < 4.78 is 0. The Balaban J connectivity index is 4.02. The molecule has 5 heteroatoms. The van der Waals surface area contributed by atoms with E-state index < -0.39 is 6.04 Å².